The van der Waals surface area contributed by atoms with Crippen molar-refractivity contribution in [1.29, 1.82) is 0 Å². The molecule has 15 heavy (non-hydrogen) atoms. The highest BCUT2D eigenvalue weighted by Crippen LogP contribution is 2.18. The van der Waals surface area contributed by atoms with Crippen molar-refractivity contribution in [2.24, 2.45) is 0 Å². The Kier molecular flexibility index (Phi) is 4.35. The largest absolute Gasteiger partial charge is 0.326 e. The topological polar surface area (TPSA) is 29.1 Å². The number of amides is 1. The lowest BCUT2D eigenvalue weighted by Crippen LogP contribution is -2.20. The molecule has 0 aromatic heterocycles. The van der Waals surface area contributed by atoms with Gasteiger partial charge < -0.3 is 5.32 Å². The molecule has 1 N–H and O–H groups in total. The van der Waals surface area contributed by atoms with E-state index in [1.807, 2.05) is 6.08 Å². The molecule has 0 radical (unpaired) electrons. The summed E-state index contributed by atoms with van der Waals surface area (Å²) in [6.07, 6.45) is 7.37. The van der Waals surface area contributed by atoms with Gasteiger partial charge in [0.15, 0.2) is 0 Å². The molecule has 0 bridgehead atoms. The van der Waals surface area contributed by atoms with E-state index in [0.717, 1.165) is 30.5 Å². The Morgan fingerprint density at radius 1 is 1.53 bits per heavy atom. The van der Waals surface area contributed by atoms with Crippen molar-refractivity contribution in [3.8, 4) is 0 Å². The lowest BCUT2D eigenvalue weighted by Gasteiger charge is -2.07. The van der Waals surface area contributed by atoms with Crippen LogP contribution < -0.4 is 5.32 Å². The van der Waals surface area contributed by atoms with E-state index in [1.165, 1.54) is 5.57 Å². The number of carbonyl (C=O) groups is 1. The number of nitrogens with one attached hydrogen (secondary N) is 1. The van der Waals surface area contributed by atoms with Gasteiger partial charge in [0.2, 0.25) is 5.91 Å². The van der Waals surface area contributed by atoms with Crippen molar-refractivity contribution in [2.75, 3.05) is 0 Å². The average molecular weight is 205 g/mol. The van der Waals surface area contributed by atoms with E-state index < -0.39 is 0 Å². The zero-order chi connectivity index (χ0) is 11.3. The van der Waals surface area contributed by atoms with Crippen LogP contribution in [-0.2, 0) is 4.79 Å². The van der Waals surface area contributed by atoms with Crippen molar-refractivity contribution in [3.05, 3.63) is 35.6 Å². The van der Waals surface area contributed by atoms with Crippen LogP contribution in [0.1, 0.15) is 39.5 Å². The molecule has 1 amide bonds. The SMILES string of the molecule is C=CC1=C(/C=C(\C)CC)NC(=O)CCC1. The Morgan fingerprint density at radius 2 is 2.27 bits per heavy atom. The molecule has 0 atom stereocenters. The number of carbonyl (C=O) groups excluding carboxylic acids is 1. The Morgan fingerprint density at radius 3 is 2.87 bits per heavy atom. The van der Waals surface area contributed by atoms with E-state index in [1.54, 1.807) is 0 Å². The van der Waals surface area contributed by atoms with Crippen molar-refractivity contribution in [2.45, 2.75) is 39.5 Å². The molecule has 1 heterocycles. The molecule has 82 valence electrons. The van der Waals surface area contributed by atoms with Gasteiger partial charge in [0.05, 0.1) is 0 Å². The monoisotopic (exact) mass is 205 g/mol. The van der Waals surface area contributed by atoms with Crippen molar-refractivity contribution in [1.82, 2.24) is 5.32 Å². The van der Waals surface area contributed by atoms with E-state index in [-0.39, 0.29) is 5.91 Å². The van der Waals surface area contributed by atoms with Gasteiger partial charge in [0, 0.05) is 12.1 Å². The minimum Gasteiger partial charge on any atom is -0.326 e. The van der Waals surface area contributed by atoms with Crippen LogP contribution in [-0.4, -0.2) is 5.91 Å². The highest BCUT2D eigenvalue weighted by atomic mass is 16.1. The summed E-state index contributed by atoms with van der Waals surface area (Å²) in [7, 11) is 0. The molecule has 0 spiro atoms. The van der Waals surface area contributed by atoms with Crippen LogP contribution in [0.15, 0.2) is 35.6 Å². The van der Waals surface area contributed by atoms with Gasteiger partial charge in [-0.2, -0.15) is 0 Å². The summed E-state index contributed by atoms with van der Waals surface area (Å²) in [6.45, 7) is 7.98. The third-order valence-corrected chi connectivity index (χ3v) is 2.66. The first-order valence-corrected chi connectivity index (χ1v) is 5.50. The summed E-state index contributed by atoms with van der Waals surface area (Å²) >= 11 is 0. The molecule has 0 saturated heterocycles. The van der Waals surface area contributed by atoms with Crippen LogP contribution in [0, 0.1) is 0 Å². The van der Waals surface area contributed by atoms with Gasteiger partial charge in [-0.05, 0) is 37.8 Å². The summed E-state index contributed by atoms with van der Waals surface area (Å²) in [6, 6.07) is 0. The van der Waals surface area contributed by atoms with E-state index in [0.29, 0.717) is 6.42 Å². The van der Waals surface area contributed by atoms with Crippen LogP contribution in [0.2, 0.25) is 0 Å². The minimum absolute atomic E-state index is 0.113. The summed E-state index contributed by atoms with van der Waals surface area (Å²) in [5, 5.41) is 2.94. The van der Waals surface area contributed by atoms with Gasteiger partial charge in [-0.1, -0.05) is 25.2 Å². The third-order valence-electron chi connectivity index (χ3n) is 2.66. The maximum Gasteiger partial charge on any atom is 0.224 e. The summed E-state index contributed by atoms with van der Waals surface area (Å²) < 4.78 is 0. The van der Waals surface area contributed by atoms with Crippen LogP contribution in [0.3, 0.4) is 0 Å². The molecule has 1 aliphatic rings. The summed E-state index contributed by atoms with van der Waals surface area (Å²) in [5.74, 6) is 0.113. The maximum absolute atomic E-state index is 11.4. The molecular formula is C13H19NO. The van der Waals surface area contributed by atoms with E-state index in [9.17, 15) is 4.79 Å². The lowest BCUT2D eigenvalue weighted by atomic mass is 10.1. The van der Waals surface area contributed by atoms with Crippen LogP contribution >= 0.6 is 0 Å². The zero-order valence-electron chi connectivity index (χ0n) is 9.60. The van der Waals surface area contributed by atoms with Crippen LogP contribution in [0.5, 0.6) is 0 Å². The predicted octanol–water partition coefficient (Wildman–Crippen LogP) is 3.08. The average Bonchev–Trinajstić information content (AvgIpc) is 2.39. The molecule has 1 rings (SSSR count). The molecule has 0 saturated carbocycles. The van der Waals surface area contributed by atoms with E-state index in [4.69, 9.17) is 0 Å². The second-order valence-electron chi connectivity index (χ2n) is 3.89. The number of allylic oxidation sites excluding steroid dienone is 4. The van der Waals surface area contributed by atoms with E-state index in [2.05, 4.69) is 31.8 Å². The zero-order valence-corrected chi connectivity index (χ0v) is 9.60. The van der Waals surface area contributed by atoms with Crippen LogP contribution in [0.4, 0.5) is 0 Å². The van der Waals surface area contributed by atoms with Crippen molar-refractivity contribution >= 4 is 5.91 Å². The molecule has 0 aromatic rings. The van der Waals surface area contributed by atoms with Gasteiger partial charge in [0.25, 0.3) is 0 Å². The lowest BCUT2D eigenvalue weighted by molar-refractivity contribution is -0.120. The molecule has 2 nitrogen and oxygen atoms in total. The second kappa shape index (κ2) is 5.54. The molecule has 0 fully saturated rings. The molecule has 0 unspecified atom stereocenters. The highest BCUT2D eigenvalue weighted by Gasteiger charge is 2.12. The van der Waals surface area contributed by atoms with Crippen LogP contribution in [0.25, 0.3) is 0 Å². The standard InChI is InChI=1S/C13H19NO/c1-4-10(3)9-12-11(5-2)7-6-8-13(15)14-12/h5,9H,2,4,6-8H2,1,3H3,(H,14,15)/b10-9+. The van der Waals surface area contributed by atoms with Gasteiger partial charge in [-0.25, -0.2) is 0 Å². The van der Waals surface area contributed by atoms with Crippen molar-refractivity contribution in [3.63, 3.8) is 0 Å². The van der Waals surface area contributed by atoms with Crippen molar-refractivity contribution < 1.29 is 4.79 Å². The summed E-state index contributed by atoms with van der Waals surface area (Å²) in [4.78, 5) is 11.4. The van der Waals surface area contributed by atoms with Gasteiger partial charge in [-0.15, -0.1) is 0 Å². The Bertz CT molecular complexity index is 323. The van der Waals surface area contributed by atoms with E-state index >= 15 is 0 Å². The van der Waals surface area contributed by atoms with Gasteiger partial charge >= 0.3 is 0 Å². The number of hydrogen-bond donors (Lipinski definition) is 1. The number of rotatable bonds is 3. The Hall–Kier alpha value is -1.31. The normalized spacial score (nSPS) is 18.5. The molecular weight excluding hydrogens is 186 g/mol. The number of hydrogen-bond acceptors (Lipinski definition) is 1. The molecule has 0 aliphatic carbocycles. The van der Waals surface area contributed by atoms with Gasteiger partial charge in [0.1, 0.15) is 0 Å². The fraction of sp³-hybridized carbons (Fsp3) is 0.462. The second-order valence-corrected chi connectivity index (χ2v) is 3.89. The third kappa shape index (κ3) is 3.39. The predicted molar refractivity (Wildman–Crippen MR) is 63.3 cm³/mol. The maximum atomic E-state index is 11.4. The smallest absolute Gasteiger partial charge is 0.224 e. The summed E-state index contributed by atoms with van der Waals surface area (Å²) in [5.41, 5.74) is 3.35. The first-order chi connectivity index (χ1) is 7.17. The Labute approximate surface area is 91.8 Å². The Balaban J connectivity index is 2.99. The minimum atomic E-state index is 0.113. The fourth-order valence-corrected chi connectivity index (χ4v) is 1.56. The molecule has 1 aliphatic heterocycles. The first kappa shape index (κ1) is 11.8. The fourth-order valence-electron chi connectivity index (χ4n) is 1.56. The molecule has 2 heteroatoms. The first-order valence-electron chi connectivity index (χ1n) is 5.50. The highest BCUT2D eigenvalue weighted by molar-refractivity contribution is 5.79. The molecule has 0 aromatic carbocycles. The van der Waals surface area contributed by atoms with Gasteiger partial charge in [-0.3, -0.25) is 4.79 Å². The quantitative estimate of drug-likeness (QED) is 0.753.